The predicted molar refractivity (Wildman–Crippen MR) is 91.1 cm³/mol. The van der Waals surface area contributed by atoms with Gasteiger partial charge in [0, 0.05) is 25.3 Å². The zero-order valence-electron chi connectivity index (χ0n) is 14.4. The van der Waals surface area contributed by atoms with Crippen LogP contribution in [0.4, 0.5) is 0 Å². The van der Waals surface area contributed by atoms with Gasteiger partial charge in [0.25, 0.3) is 0 Å². The van der Waals surface area contributed by atoms with E-state index in [1.54, 1.807) is 0 Å². The Morgan fingerprint density at radius 2 is 2.23 bits per heavy atom. The van der Waals surface area contributed by atoms with Crippen LogP contribution < -0.4 is 11.1 Å². The van der Waals surface area contributed by atoms with Gasteiger partial charge in [-0.3, -0.25) is 14.6 Å². The lowest BCUT2D eigenvalue weighted by molar-refractivity contribution is 0.273. The Morgan fingerprint density at radius 3 is 2.86 bits per heavy atom. The number of nitrogens with zero attached hydrogens (tertiary/aromatic N) is 4. The van der Waals surface area contributed by atoms with Crippen molar-refractivity contribution in [3.8, 4) is 0 Å². The lowest BCUT2D eigenvalue weighted by Gasteiger charge is -2.20. The summed E-state index contributed by atoms with van der Waals surface area (Å²) in [5.41, 5.74) is 9.61. The van der Waals surface area contributed by atoms with Crippen molar-refractivity contribution >= 4 is 5.96 Å². The third-order valence-corrected chi connectivity index (χ3v) is 4.72. The minimum absolute atomic E-state index is 0.558. The van der Waals surface area contributed by atoms with Crippen LogP contribution in [0.2, 0.25) is 0 Å². The summed E-state index contributed by atoms with van der Waals surface area (Å²) in [4.78, 5) is 6.99. The second-order valence-electron chi connectivity index (χ2n) is 6.10. The Labute approximate surface area is 133 Å². The molecule has 0 bridgehead atoms. The number of rotatable bonds is 6. The normalized spacial score (nSPS) is 19.8. The molecule has 0 amide bonds. The van der Waals surface area contributed by atoms with Crippen LogP contribution in [0.3, 0.4) is 0 Å². The molecule has 0 aromatic carbocycles. The lowest BCUT2D eigenvalue weighted by Crippen LogP contribution is -2.36. The smallest absolute Gasteiger partial charge is 0.188 e. The Bertz CT molecular complexity index is 519. The molecule has 1 atom stereocenters. The molecule has 0 spiro atoms. The Morgan fingerprint density at radius 1 is 1.45 bits per heavy atom. The van der Waals surface area contributed by atoms with Gasteiger partial charge >= 0.3 is 0 Å². The van der Waals surface area contributed by atoms with E-state index in [0.29, 0.717) is 12.0 Å². The van der Waals surface area contributed by atoms with E-state index in [2.05, 4.69) is 41.1 Å². The standard InChI is InChI=1S/C16H30N6/c1-5-22-10-6-7-14(22)11-19-16(17)18-9-8-15-12(2)20-21(4)13(15)3/h14H,5-11H2,1-4H3,(H3,17,18,19). The first kappa shape index (κ1) is 16.8. The summed E-state index contributed by atoms with van der Waals surface area (Å²) in [5, 5.41) is 7.66. The molecule has 1 saturated heterocycles. The van der Waals surface area contributed by atoms with Crippen molar-refractivity contribution in [2.24, 2.45) is 17.8 Å². The fourth-order valence-corrected chi connectivity index (χ4v) is 3.27. The maximum Gasteiger partial charge on any atom is 0.188 e. The molecule has 124 valence electrons. The van der Waals surface area contributed by atoms with Gasteiger partial charge < -0.3 is 11.1 Å². The van der Waals surface area contributed by atoms with Gasteiger partial charge in [0.05, 0.1) is 12.2 Å². The number of hydrogen-bond donors (Lipinski definition) is 2. The number of aryl methyl sites for hydroxylation is 2. The van der Waals surface area contributed by atoms with E-state index in [1.165, 1.54) is 30.6 Å². The van der Waals surface area contributed by atoms with Gasteiger partial charge in [-0.1, -0.05) is 6.92 Å². The van der Waals surface area contributed by atoms with Crippen molar-refractivity contribution in [2.75, 3.05) is 26.2 Å². The highest BCUT2D eigenvalue weighted by atomic mass is 15.3. The van der Waals surface area contributed by atoms with Crippen LogP contribution in [0.15, 0.2) is 4.99 Å². The molecule has 1 aromatic rings. The molecular formula is C16H30N6. The molecular weight excluding hydrogens is 276 g/mol. The fraction of sp³-hybridized carbons (Fsp3) is 0.750. The first-order chi connectivity index (χ1) is 10.5. The highest BCUT2D eigenvalue weighted by Crippen LogP contribution is 2.16. The average Bonchev–Trinajstić information content (AvgIpc) is 3.04. The summed E-state index contributed by atoms with van der Waals surface area (Å²) in [7, 11) is 1.98. The van der Waals surface area contributed by atoms with Crippen LogP contribution >= 0.6 is 0 Å². The van der Waals surface area contributed by atoms with Crippen LogP contribution in [0.1, 0.15) is 36.7 Å². The van der Waals surface area contributed by atoms with Gasteiger partial charge in [0.2, 0.25) is 0 Å². The molecule has 3 N–H and O–H groups in total. The van der Waals surface area contributed by atoms with Crippen molar-refractivity contribution in [2.45, 2.75) is 46.1 Å². The number of likely N-dealkylation sites (tertiary alicyclic amines) is 1. The second-order valence-corrected chi connectivity index (χ2v) is 6.10. The first-order valence-electron chi connectivity index (χ1n) is 8.29. The quantitative estimate of drug-likeness (QED) is 0.607. The highest BCUT2D eigenvalue weighted by molar-refractivity contribution is 5.77. The van der Waals surface area contributed by atoms with E-state index < -0.39 is 0 Å². The van der Waals surface area contributed by atoms with E-state index in [9.17, 15) is 0 Å². The summed E-state index contributed by atoms with van der Waals surface area (Å²) in [6, 6.07) is 0.563. The van der Waals surface area contributed by atoms with E-state index in [4.69, 9.17) is 5.73 Å². The van der Waals surface area contributed by atoms with Gasteiger partial charge in [-0.05, 0) is 51.8 Å². The van der Waals surface area contributed by atoms with Gasteiger partial charge in [-0.25, -0.2) is 0 Å². The van der Waals surface area contributed by atoms with Crippen molar-refractivity contribution in [3.05, 3.63) is 17.0 Å². The van der Waals surface area contributed by atoms with E-state index in [0.717, 1.165) is 31.7 Å². The zero-order valence-corrected chi connectivity index (χ0v) is 14.4. The monoisotopic (exact) mass is 306 g/mol. The Balaban J connectivity index is 1.77. The molecule has 0 radical (unpaired) electrons. The summed E-state index contributed by atoms with van der Waals surface area (Å²) >= 11 is 0. The molecule has 1 aliphatic heterocycles. The minimum Gasteiger partial charge on any atom is -0.370 e. The third-order valence-electron chi connectivity index (χ3n) is 4.72. The number of nitrogens with two attached hydrogens (primary N) is 1. The summed E-state index contributed by atoms with van der Waals surface area (Å²) < 4.78 is 1.93. The first-order valence-corrected chi connectivity index (χ1v) is 8.29. The number of aromatic nitrogens is 2. The lowest BCUT2D eigenvalue weighted by atomic mass is 10.1. The number of guanidine groups is 1. The van der Waals surface area contributed by atoms with Gasteiger partial charge in [-0.15, -0.1) is 0 Å². The van der Waals surface area contributed by atoms with E-state index in [-0.39, 0.29) is 0 Å². The maximum absolute atomic E-state index is 5.98. The SMILES string of the molecule is CCN1CCCC1CN=C(N)NCCc1c(C)nn(C)c1C. The number of hydrogen-bond acceptors (Lipinski definition) is 3. The second kappa shape index (κ2) is 7.63. The fourth-order valence-electron chi connectivity index (χ4n) is 3.27. The van der Waals surface area contributed by atoms with E-state index >= 15 is 0 Å². The van der Waals surface area contributed by atoms with Crippen molar-refractivity contribution in [1.29, 1.82) is 0 Å². The summed E-state index contributed by atoms with van der Waals surface area (Å²) in [6.07, 6.45) is 3.44. The van der Waals surface area contributed by atoms with Gasteiger partial charge in [0.1, 0.15) is 0 Å². The number of nitrogens with one attached hydrogen (secondary N) is 1. The Hall–Kier alpha value is -1.56. The van der Waals surface area contributed by atoms with Gasteiger partial charge in [-0.2, -0.15) is 5.10 Å². The van der Waals surface area contributed by atoms with Crippen LogP contribution in [0, 0.1) is 13.8 Å². The predicted octanol–water partition coefficient (Wildman–Crippen LogP) is 0.968. The molecule has 2 rings (SSSR count). The molecule has 0 saturated carbocycles. The molecule has 6 heteroatoms. The molecule has 6 nitrogen and oxygen atoms in total. The van der Waals surface area contributed by atoms with Crippen molar-refractivity contribution < 1.29 is 0 Å². The van der Waals surface area contributed by atoms with Crippen LogP contribution in [0.25, 0.3) is 0 Å². The molecule has 1 aromatic heterocycles. The highest BCUT2D eigenvalue weighted by Gasteiger charge is 2.22. The van der Waals surface area contributed by atoms with Crippen molar-refractivity contribution in [3.63, 3.8) is 0 Å². The number of aliphatic imine (C=N–C) groups is 1. The summed E-state index contributed by atoms with van der Waals surface area (Å²) in [5.74, 6) is 0.558. The zero-order chi connectivity index (χ0) is 16.1. The molecule has 1 aliphatic rings. The molecule has 2 heterocycles. The molecule has 1 unspecified atom stereocenters. The largest absolute Gasteiger partial charge is 0.370 e. The number of likely N-dealkylation sites (N-methyl/N-ethyl adjacent to an activating group) is 1. The van der Waals surface area contributed by atoms with Crippen molar-refractivity contribution in [1.82, 2.24) is 20.0 Å². The Kier molecular flexibility index (Phi) is 5.83. The molecule has 22 heavy (non-hydrogen) atoms. The van der Waals surface area contributed by atoms with Crippen LogP contribution in [0.5, 0.6) is 0 Å². The summed E-state index contributed by atoms with van der Waals surface area (Å²) in [6.45, 7) is 10.3. The van der Waals surface area contributed by atoms with E-state index in [1.807, 2.05) is 11.7 Å². The molecule has 0 aliphatic carbocycles. The topological polar surface area (TPSA) is 71.5 Å². The van der Waals surface area contributed by atoms with Crippen LogP contribution in [-0.4, -0.2) is 52.9 Å². The minimum atomic E-state index is 0.558. The average molecular weight is 306 g/mol. The maximum atomic E-state index is 5.98. The molecule has 1 fully saturated rings. The van der Waals surface area contributed by atoms with Crippen LogP contribution in [-0.2, 0) is 13.5 Å². The van der Waals surface area contributed by atoms with Gasteiger partial charge in [0.15, 0.2) is 5.96 Å². The third kappa shape index (κ3) is 4.00.